The van der Waals surface area contributed by atoms with Gasteiger partial charge in [-0.25, -0.2) is 0 Å². The van der Waals surface area contributed by atoms with Crippen LogP contribution >= 0.6 is 0 Å². The lowest BCUT2D eigenvalue weighted by Crippen LogP contribution is -2.49. The maximum absolute atomic E-state index is 10.8. The highest BCUT2D eigenvalue weighted by atomic mass is 16.3. The fourth-order valence-electron chi connectivity index (χ4n) is 7.29. The van der Waals surface area contributed by atoms with Crippen LogP contribution in [-0.2, 0) is 0 Å². The van der Waals surface area contributed by atoms with Crippen molar-refractivity contribution < 1.29 is 5.11 Å². The fourth-order valence-corrected chi connectivity index (χ4v) is 7.29. The Labute approximate surface area is 142 Å². The minimum absolute atomic E-state index is 0.0460. The second kappa shape index (κ2) is 5.48. The van der Waals surface area contributed by atoms with Gasteiger partial charge in [0, 0.05) is 5.41 Å². The van der Waals surface area contributed by atoms with Crippen molar-refractivity contribution in [2.45, 2.75) is 78.2 Å². The van der Waals surface area contributed by atoms with Gasteiger partial charge >= 0.3 is 0 Å². The Bertz CT molecular complexity index is 532. The van der Waals surface area contributed by atoms with E-state index in [9.17, 15) is 5.11 Å². The molecule has 0 aliphatic heterocycles. The molecule has 0 radical (unpaired) electrons. The lowest BCUT2D eigenvalue weighted by atomic mass is 9.47. The van der Waals surface area contributed by atoms with Gasteiger partial charge in [0.1, 0.15) is 0 Å². The van der Waals surface area contributed by atoms with Gasteiger partial charge in [0.05, 0.1) is 6.10 Å². The van der Waals surface area contributed by atoms with E-state index in [1.165, 1.54) is 38.5 Å². The molecule has 0 heterocycles. The molecule has 0 amide bonds. The summed E-state index contributed by atoms with van der Waals surface area (Å²) < 4.78 is 0. The van der Waals surface area contributed by atoms with Crippen LogP contribution in [0.25, 0.3) is 0 Å². The minimum atomic E-state index is -0.0460. The van der Waals surface area contributed by atoms with Crippen LogP contribution < -0.4 is 0 Å². The first-order chi connectivity index (χ1) is 11.0. The number of rotatable bonds is 2. The summed E-state index contributed by atoms with van der Waals surface area (Å²) in [5.74, 6) is 2.94. The molecular weight excluding hydrogens is 280 g/mol. The highest BCUT2D eigenvalue weighted by Crippen LogP contribution is 2.66. The summed E-state index contributed by atoms with van der Waals surface area (Å²) >= 11 is 0. The van der Waals surface area contributed by atoms with E-state index in [2.05, 4.69) is 39.0 Å². The molecule has 3 saturated carbocycles. The van der Waals surface area contributed by atoms with E-state index >= 15 is 0 Å². The van der Waals surface area contributed by atoms with Gasteiger partial charge in [-0.15, -0.1) is 0 Å². The third-order valence-electron chi connectivity index (χ3n) is 8.45. The molecule has 0 aromatic rings. The van der Waals surface area contributed by atoms with Crippen LogP contribution in [0.5, 0.6) is 0 Å². The Morgan fingerprint density at radius 3 is 2.83 bits per heavy atom. The van der Waals surface area contributed by atoms with E-state index in [0.29, 0.717) is 16.7 Å². The third kappa shape index (κ3) is 2.15. The molecule has 1 nitrogen and oxygen atoms in total. The molecule has 7 atom stereocenters. The van der Waals surface area contributed by atoms with Gasteiger partial charge in [-0.1, -0.05) is 51.0 Å². The lowest BCUT2D eigenvalue weighted by molar-refractivity contribution is -0.0386. The minimum Gasteiger partial charge on any atom is -0.393 e. The third-order valence-corrected chi connectivity index (χ3v) is 8.45. The first-order valence-electron chi connectivity index (χ1n) is 10.1. The van der Waals surface area contributed by atoms with Gasteiger partial charge in [-0.05, 0) is 74.0 Å². The van der Waals surface area contributed by atoms with E-state index in [0.717, 1.165) is 30.6 Å². The van der Waals surface area contributed by atoms with Crippen LogP contribution in [-0.4, -0.2) is 11.2 Å². The molecule has 1 N–H and O–H groups in total. The number of hydrogen-bond donors (Lipinski definition) is 1. The summed E-state index contributed by atoms with van der Waals surface area (Å²) in [5, 5.41) is 10.8. The maximum Gasteiger partial charge on any atom is 0.0576 e. The van der Waals surface area contributed by atoms with E-state index in [-0.39, 0.29) is 6.10 Å². The second-order valence-corrected chi connectivity index (χ2v) is 9.31. The predicted octanol–water partition coefficient (Wildman–Crippen LogP) is 5.50. The number of aliphatic hydroxyl groups is 1. The van der Waals surface area contributed by atoms with E-state index in [1.54, 1.807) is 5.57 Å². The molecule has 1 unspecified atom stereocenters. The zero-order valence-electron chi connectivity index (χ0n) is 15.2. The van der Waals surface area contributed by atoms with Gasteiger partial charge in [0.25, 0.3) is 0 Å². The molecule has 0 saturated heterocycles. The summed E-state index contributed by atoms with van der Waals surface area (Å²) in [5.41, 5.74) is 2.43. The largest absolute Gasteiger partial charge is 0.393 e. The van der Waals surface area contributed by atoms with Crippen molar-refractivity contribution in [1.82, 2.24) is 0 Å². The standard InChI is InChI=1S/C22H34O/c1-4-7-18-20(23)14-19-16-10-9-15-8-5-6-12-21(15,2)17(16)11-13-22(18,19)3/h6,8,12,16-20,23H,4-5,7,9-11,13-14H2,1-3H3/t16-,17+,18+,19+,20?,21+,22-/m1/s1. The number of allylic oxidation sites excluding steroid dienone is 4. The number of aliphatic hydroxyl groups excluding tert-OH is 1. The van der Waals surface area contributed by atoms with Crippen LogP contribution in [0.3, 0.4) is 0 Å². The molecule has 3 fully saturated rings. The van der Waals surface area contributed by atoms with Crippen LogP contribution in [0, 0.1) is 34.5 Å². The summed E-state index contributed by atoms with van der Waals surface area (Å²) in [7, 11) is 0. The first kappa shape index (κ1) is 15.9. The normalized spacial score (nSPS) is 51.7. The zero-order valence-corrected chi connectivity index (χ0v) is 15.2. The molecule has 0 spiro atoms. The molecule has 0 aromatic heterocycles. The van der Waals surface area contributed by atoms with Crippen LogP contribution in [0.2, 0.25) is 0 Å². The molecular formula is C22H34O. The molecule has 1 heteroatoms. The van der Waals surface area contributed by atoms with E-state index < -0.39 is 0 Å². The smallest absolute Gasteiger partial charge is 0.0576 e. The Morgan fingerprint density at radius 1 is 1.22 bits per heavy atom. The van der Waals surface area contributed by atoms with Gasteiger partial charge in [-0.2, -0.15) is 0 Å². The van der Waals surface area contributed by atoms with Gasteiger partial charge in [0.2, 0.25) is 0 Å². The van der Waals surface area contributed by atoms with E-state index in [4.69, 9.17) is 0 Å². The predicted molar refractivity (Wildman–Crippen MR) is 96.0 cm³/mol. The summed E-state index contributed by atoms with van der Waals surface area (Å²) in [4.78, 5) is 0. The van der Waals surface area contributed by atoms with Crippen molar-refractivity contribution in [1.29, 1.82) is 0 Å². The van der Waals surface area contributed by atoms with Crippen molar-refractivity contribution >= 4 is 0 Å². The Hall–Kier alpha value is -0.560. The number of hydrogen-bond acceptors (Lipinski definition) is 1. The monoisotopic (exact) mass is 314 g/mol. The molecule has 0 aromatic carbocycles. The van der Waals surface area contributed by atoms with Crippen LogP contribution in [0.1, 0.15) is 72.1 Å². The first-order valence-corrected chi connectivity index (χ1v) is 10.1. The van der Waals surface area contributed by atoms with Crippen molar-refractivity contribution in [3.8, 4) is 0 Å². The van der Waals surface area contributed by atoms with Crippen molar-refractivity contribution in [2.75, 3.05) is 0 Å². The maximum atomic E-state index is 10.8. The molecule has 4 rings (SSSR count). The molecule has 4 aliphatic rings. The highest BCUT2D eigenvalue weighted by molar-refractivity contribution is 5.31. The SMILES string of the molecule is CCC[C@H]1C(O)C[C@H]2[C@@H]3CCC4=CCC=C[C@]4(C)[C@H]3CC[C@]12C. The average Bonchev–Trinajstić information content (AvgIpc) is 2.79. The molecule has 0 bridgehead atoms. The molecule has 4 aliphatic carbocycles. The van der Waals surface area contributed by atoms with Gasteiger partial charge < -0.3 is 5.11 Å². The topological polar surface area (TPSA) is 20.2 Å². The Balaban J connectivity index is 1.66. The highest BCUT2D eigenvalue weighted by Gasteiger charge is 2.60. The molecule has 128 valence electrons. The average molecular weight is 315 g/mol. The Morgan fingerprint density at radius 2 is 2.04 bits per heavy atom. The van der Waals surface area contributed by atoms with Crippen molar-refractivity contribution in [3.63, 3.8) is 0 Å². The van der Waals surface area contributed by atoms with E-state index in [1.807, 2.05) is 0 Å². The lowest BCUT2D eigenvalue weighted by Gasteiger charge is -2.57. The Kier molecular flexibility index (Phi) is 3.80. The van der Waals surface area contributed by atoms with Gasteiger partial charge in [0.15, 0.2) is 0 Å². The van der Waals surface area contributed by atoms with Crippen molar-refractivity contribution in [2.24, 2.45) is 34.5 Å². The quantitative estimate of drug-likeness (QED) is 0.667. The fraction of sp³-hybridized carbons (Fsp3) is 0.818. The molecule has 23 heavy (non-hydrogen) atoms. The zero-order chi connectivity index (χ0) is 16.2. The number of fused-ring (bicyclic) bond motifs is 5. The van der Waals surface area contributed by atoms with Crippen molar-refractivity contribution in [3.05, 3.63) is 23.8 Å². The van der Waals surface area contributed by atoms with Crippen LogP contribution in [0.15, 0.2) is 23.8 Å². The summed E-state index contributed by atoms with van der Waals surface area (Å²) in [6.45, 7) is 7.30. The summed E-state index contributed by atoms with van der Waals surface area (Å²) in [6, 6.07) is 0. The van der Waals surface area contributed by atoms with Crippen LogP contribution in [0.4, 0.5) is 0 Å². The van der Waals surface area contributed by atoms with Gasteiger partial charge in [-0.3, -0.25) is 0 Å². The summed E-state index contributed by atoms with van der Waals surface area (Å²) in [6.07, 6.45) is 17.4. The second-order valence-electron chi connectivity index (χ2n) is 9.31.